The van der Waals surface area contributed by atoms with Crippen LogP contribution in [-0.4, -0.2) is 19.7 Å². The third-order valence-corrected chi connectivity index (χ3v) is 7.65. The number of aromatic nitrogens is 4. The van der Waals surface area contributed by atoms with E-state index in [-0.39, 0.29) is 17.9 Å². The summed E-state index contributed by atoms with van der Waals surface area (Å²) >= 11 is 1.40. The minimum absolute atomic E-state index is 0.0543. The summed E-state index contributed by atoms with van der Waals surface area (Å²) in [5.74, 6) is 0.257. The Morgan fingerprint density at radius 3 is 2.46 bits per heavy atom. The molecule has 0 aliphatic carbocycles. The van der Waals surface area contributed by atoms with E-state index < -0.39 is 5.82 Å². The van der Waals surface area contributed by atoms with Crippen LogP contribution in [0, 0.1) is 12.7 Å². The quantitative estimate of drug-likeness (QED) is 0.189. The van der Waals surface area contributed by atoms with Gasteiger partial charge >= 0.3 is 0 Å². The van der Waals surface area contributed by atoms with Crippen LogP contribution in [0.25, 0.3) is 33.3 Å². The average Bonchev–Trinajstić information content (AvgIpc) is 3.70. The first kappa shape index (κ1) is 26.3. The molecule has 0 fully saturated rings. The highest BCUT2D eigenvalue weighted by atomic mass is 32.1. The number of ether oxygens (including phenoxy) is 1. The number of aryl methyl sites for hydroxylation is 2. The summed E-state index contributed by atoms with van der Waals surface area (Å²) in [6.07, 6.45) is 1.85. The predicted octanol–water partition coefficient (Wildman–Crippen LogP) is 6.96. The molecule has 41 heavy (non-hydrogen) atoms. The van der Waals surface area contributed by atoms with Crippen molar-refractivity contribution in [2.75, 3.05) is 0 Å². The van der Waals surface area contributed by atoms with Gasteiger partial charge in [0, 0.05) is 16.8 Å². The summed E-state index contributed by atoms with van der Waals surface area (Å²) in [5, 5.41) is 9.58. The molecule has 3 aromatic heterocycles. The van der Waals surface area contributed by atoms with Gasteiger partial charge in [-0.1, -0.05) is 66.7 Å². The summed E-state index contributed by atoms with van der Waals surface area (Å²) in [4.78, 5) is 19.8. The van der Waals surface area contributed by atoms with Crippen molar-refractivity contribution in [2.24, 2.45) is 0 Å². The van der Waals surface area contributed by atoms with Gasteiger partial charge in [-0.25, -0.2) is 9.37 Å². The number of halogens is 1. The Morgan fingerprint density at radius 1 is 0.976 bits per heavy atom. The van der Waals surface area contributed by atoms with Crippen molar-refractivity contribution < 1.29 is 13.5 Å². The standard InChI is InChI=1S/C32H25FN4O3S/c1-21-28(27-17-24(19-41-27)31-36-34-20-40-31)32(38)37(16-15-22-9-4-2-5-10-22)30(35-21)25-13-8-14-26(33)29(25)39-18-23-11-6-3-7-12-23/h2-14,17,19-20H,15-16,18H2,1H3. The Hall–Kier alpha value is -4.89. The first-order valence-corrected chi connectivity index (χ1v) is 13.9. The number of rotatable bonds is 9. The van der Waals surface area contributed by atoms with Gasteiger partial charge in [-0.3, -0.25) is 9.36 Å². The highest BCUT2D eigenvalue weighted by molar-refractivity contribution is 7.14. The molecule has 0 aliphatic heterocycles. The van der Waals surface area contributed by atoms with Crippen LogP contribution in [0.1, 0.15) is 16.8 Å². The van der Waals surface area contributed by atoms with Crippen LogP contribution in [0.5, 0.6) is 5.75 Å². The van der Waals surface area contributed by atoms with Crippen molar-refractivity contribution in [1.82, 2.24) is 19.7 Å². The van der Waals surface area contributed by atoms with Crippen LogP contribution < -0.4 is 10.3 Å². The molecule has 0 bridgehead atoms. The number of nitrogens with zero attached hydrogens (tertiary/aromatic N) is 4. The lowest BCUT2D eigenvalue weighted by molar-refractivity contribution is 0.291. The molecule has 0 aliphatic rings. The van der Waals surface area contributed by atoms with E-state index in [0.717, 1.165) is 21.6 Å². The van der Waals surface area contributed by atoms with Gasteiger partial charge in [-0.15, -0.1) is 21.5 Å². The number of hydrogen-bond acceptors (Lipinski definition) is 7. The molecule has 9 heteroatoms. The lowest BCUT2D eigenvalue weighted by Crippen LogP contribution is -2.27. The van der Waals surface area contributed by atoms with E-state index in [2.05, 4.69) is 10.2 Å². The van der Waals surface area contributed by atoms with E-state index in [4.69, 9.17) is 14.1 Å². The van der Waals surface area contributed by atoms with Crippen molar-refractivity contribution in [3.63, 3.8) is 0 Å². The second kappa shape index (κ2) is 11.7. The van der Waals surface area contributed by atoms with Gasteiger partial charge in [0.1, 0.15) is 12.4 Å². The topological polar surface area (TPSA) is 83.0 Å². The summed E-state index contributed by atoms with van der Waals surface area (Å²) in [5.41, 5.74) is 3.89. The normalized spacial score (nSPS) is 11.1. The van der Waals surface area contributed by atoms with Crippen LogP contribution in [0.3, 0.4) is 0 Å². The molecule has 0 N–H and O–H groups in total. The Kier molecular flexibility index (Phi) is 7.51. The summed E-state index contributed by atoms with van der Waals surface area (Å²) in [7, 11) is 0. The summed E-state index contributed by atoms with van der Waals surface area (Å²) in [6, 6.07) is 26.0. The molecule has 6 rings (SSSR count). The minimum atomic E-state index is -0.522. The average molecular weight is 565 g/mol. The SMILES string of the molecule is Cc1nc(-c2cccc(F)c2OCc2ccccc2)n(CCc2ccccc2)c(=O)c1-c1cc(-c2nnco2)cs1. The molecule has 0 saturated carbocycles. The van der Waals surface area contributed by atoms with E-state index in [1.807, 2.05) is 72.1 Å². The fraction of sp³-hybridized carbons (Fsp3) is 0.125. The van der Waals surface area contributed by atoms with Crippen LogP contribution >= 0.6 is 11.3 Å². The molecule has 3 heterocycles. The first-order chi connectivity index (χ1) is 20.1. The smallest absolute Gasteiger partial charge is 0.262 e. The third kappa shape index (κ3) is 5.57. The van der Waals surface area contributed by atoms with Gasteiger partial charge < -0.3 is 9.15 Å². The highest BCUT2D eigenvalue weighted by Crippen LogP contribution is 2.35. The summed E-state index contributed by atoms with van der Waals surface area (Å²) < 4.78 is 28.2. The molecule has 0 amide bonds. The van der Waals surface area contributed by atoms with Gasteiger partial charge in [0.15, 0.2) is 11.6 Å². The first-order valence-electron chi connectivity index (χ1n) is 13.0. The Morgan fingerprint density at radius 2 is 1.73 bits per heavy atom. The number of hydrogen-bond donors (Lipinski definition) is 0. The van der Waals surface area contributed by atoms with Crippen LogP contribution in [0.2, 0.25) is 0 Å². The third-order valence-electron chi connectivity index (χ3n) is 6.70. The van der Waals surface area contributed by atoms with Gasteiger partial charge in [-0.2, -0.15) is 0 Å². The van der Waals surface area contributed by atoms with Gasteiger partial charge in [-0.05, 0) is 42.7 Å². The monoisotopic (exact) mass is 564 g/mol. The maximum Gasteiger partial charge on any atom is 0.262 e. The minimum Gasteiger partial charge on any atom is -0.485 e. The second-order valence-corrected chi connectivity index (χ2v) is 10.3. The molecule has 0 atom stereocenters. The van der Waals surface area contributed by atoms with E-state index in [1.54, 1.807) is 23.6 Å². The van der Waals surface area contributed by atoms with E-state index in [0.29, 0.717) is 41.5 Å². The molecule has 3 aromatic carbocycles. The zero-order valence-corrected chi connectivity index (χ0v) is 23.0. The fourth-order valence-corrected chi connectivity index (χ4v) is 5.65. The van der Waals surface area contributed by atoms with Gasteiger partial charge in [0.25, 0.3) is 5.56 Å². The second-order valence-electron chi connectivity index (χ2n) is 9.42. The molecule has 204 valence electrons. The lowest BCUT2D eigenvalue weighted by Gasteiger charge is -2.18. The van der Waals surface area contributed by atoms with Crippen LogP contribution in [0.15, 0.2) is 106 Å². The Balaban J connectivity index is 1.46. The van der Waals surface area contributed by atoms with Gasteiger partial charge in [0.2, 0.25) is 12.3 Å². The molecule has 6 aromatic rings. The van der Waals surface area contributed by atoms with Crippen molar-refractivity contribution in [3.05, 3.63) is 130 Å². The molecule has 0 unspecified atom stereocenters. The number of benzene rings is 3. The van der Waals surface area contributed by atoms with E-state index in [9.17, 15) is 4.79 Å². The van der Waals surface area contributed by atoms with Gasteiger partial charge in [0.05, 0.1) is 22.4 Å². The maximum absolute atomic E-state index is 15.2. The van der Waals surface area contributed by atoms with E-state index >= 15 is 4.39 Å². The lowest BCUT2D eigenvalue weighted by atomic mass is 10.1. The maximum atomic E-state index is 15.2. The van der Waals surface area contributed by atoms with Crippen LogP contribution in [-0.2, 0) is 19.6 Å². The summed E-state index contributed by atoms with van der Waals surface area (Å²) in [6.45, 7) is 2.31. The Labute approximate surface area is 239 Å². The van der Waals surface area contributed by atoms with E-state index in [1.165, 1.54) is 23.8 Å². The van der Waals surface area contributed by atoms with Crippen molar-refractivity contribution in [2.45, 2.75) is 26.5 Å². The predicted molar refractivity (Wildman–Crippen MR) is 156 cm³/mol. The molecule has 0 saturated heterocycles. The van der Waals surface area contributed by atoms with Crippen molar-refractivity contribution in [1.29, 1.82) is 0 Å². The molecular formula is C32H25FN4O3S. The molecule has 0 radical (unpaired) electrons. The van der Waals surface area contributed by atoms with Crippen molar-refractivity contribution in [3.8, 4) is 39.0 Å². The molecular weight excluding hydrogens is 539 g/mol. The Bertz CT molecular complexity index is 1830. The number of thiophene rings is 1. The molecule has 7 nitrogen and oxygen atoms in total. The highest BCUT2D eigenvalue weighted by Gasteiger charge is 2.23. The zero-order chi connectivity index (χ0) is 28.2. The molecule has 0 spiro atoms. The largest absolute Gasteiger partial charge is 0.485 e. The van der Waals surface area contributed by atoms with Crippen LogP contribution in [0.4, 0.5) is 4.39 Å². The number of para-hydroxylation sites is 1. The zero-order valence-electron chi connectivity index (χ0n) is 22.2. The van der Waals surface area contributed by atoms with Crippen molar-refractivity contribution >= 4 is 11.3 Å². The fourth-order valence-electron chi connectivity index (χ4n) is 4.68.